The number of piperidine rings is 2. The monoisotopic (exact) mass is 368 g/mol. The minimum absolute atomic E-state index is 0.103. The van der Waals surface area contributed by atoms with E-state index in [1.165, 1.54) is 12.0 Å². The molecule has 27 heavy (non-hydrogen) atoms. The van der Waals surface area contributed by atoms with Gasteiger partial charge in [-0.1, -0.05) is 12.1 Å². The maximum Gasteiger partial charge on any atom is 0.255 e. The smallest absolute Gasteiger partial charge is 0.255 e. The number of fused-ring (bicyclic) bond motifs is 2. The molecule has 0 bridgehead atoms. The predicted octanol–water partition coefficient (Wildman–Crippen LogP) is 0.241. The zero-order valence-electron chi connectivity index (χ0n) is 15.2. The molecule has 0 radical (unpaired) electrons. The van der Waals surface area contributed by atoms with Gasteiger partial charge in [-0.15, -0.1) is 0 Å². The first-order valence-corrected chi connectivity index (χ1v) is 9.81. The van der Waals surface area contributed by atoms with Crippen molar-refractivity contribution in [3.05, 3.63) is 34.9 Å². The summed E-state index contributed by atoms with van der Waals surface area (Å²) < 4.78 is 0. The van der Waals surface area contributed by atoms with E-state index in [1.807, 2.05) is 12.1 Å². The molecule has 4 aliphatic heterocycles. The number of nitrogens with zero attached hydrogens (tertiary/aromatic N) is 2. The molecule has 3 saturated heterocycles. The lowest BCUT2D eigenvalue weighted by molar-refractivity contribution is -0.136. The summed E-state index contributed by atoms with van der Waals surface area (Å²) in [7, 11) is 0. The molecule has 0 saturated carbocycles. The molecule has 5 rings (SSSR count). The van der Waals surface area contributed by atoms with Gasteiger partial charge in [0.15, 0.2) is 0 Å². The molecular weight excluding hydrogens is 344 g/mol. The van der Waals surface area contributed by atoms with E-state index in [-0.39, 0.29) is 24.1 Å². The molecule has 3 atom stereocenters. The lowest BCUT2D eigenvalue weighted by Crippen LogP contribution is -2.62. The van der Waals surface area contributed by atoms with Gasteiger partial charge in [-0.3, -0.25) is 24.6 Å². The van der Waals surface area contributed by atoms with Crippen molar-refractivity contribution in [3.8, 4) is 0 Å². The molecule has 7 heteroatoms. The third-order valence-corrected chi connectivity index (χ3v) is 6.48. The molecule has 3 fully saturated rings. The number of imide groups is 1. The van der Waals surface area contributed by atoms with E-state index < -0.39 is 6.04 Å². The number of hydrogen-bond acceptors (Lipinski definition) is 5. The lowest BCUT2D eigenvalue weighted by atomic mass is 9.83. The second kappa shape index (κ2) is 6.42. The Morgan fingerprint density at radius 2 is 2.04 bits per heavy atom. The zero-order chi connectivity index (χ0) is 18.5. The lowest BCUT2D eigenvalue weighted by Gasteiger charge is -2.51. The van der Waals surface area contributed by atoms with Gasteiger partial charge in [-0.25, -0.2) is 0 Å². The third kappa shape index (κ3) is 2.85. The largest absolute Gasteiger partial charge is 0.322 e. The van der Waals surface area contributed by atoms with Crippen molar-refractivity contribution in [1.29, 1.82) is 0 Å². The summed E-state index contributed by atoms with van der Waals surface area (Å²) >= 11 is 0. The molecule has 4 aliphatic rings. The summed E-state index contributed by atoms with van der Waals surface area (Å²) in [6, 6.07) is 6.20. The van der Waals surface area contributed by atoms with E-state index in [9.17, 15) is 14.4 Å². The zero-order valence-corrected chi connectivity index (χ0v) is 15.2. The molecule has 2 N–H and O–H groups in total. The van der Waals surface area contributed by atoms with Crippen LogP contribution in [-0.2, 0) is 22.7 Å². The second-order valence-corrected chi connectivity index (χ2v) is 8.14. The number of amides is 3. The van der Waals surface area contributed by atoms with Gasteiger partial charge < -0.3 is 10.2 Å². The summed E-state index contributed by atoms with van der Waals surface area (Å²) in [4.78, 5) is 40.4. The number of hydrogen-bond donors (Lipinski definition) is 2. The van der Waals surface area contributed by atoms with Gasteiger partial charge in [-0.05, 0) is 42.5 Å². The van der Waals surface area contributed by atoms with Crippen LogP contribution in [0.3, 0.4) is 0 Å². The van der Waals surface area contributed by atoms with Gasteiger partial charge in [0.05, 0.1) is 0 Å². The Balaban J connectivity index is 1.29. The Kier molecular flexibility index (Phi) is 4.02. The quantitative estimate of drug-likeness (QED) is 0.747. The summed E-state index contributed by atoms with van der Waals surface area (Å²) in [6.07, 6.45) is 1.90. The molecule has 0 aliphatic carbocycles. The number of likely N-dealkylation sites (tertiary alicyclic amines) is 1. The highest BCUT2D eigenvalue weighted by atomic mass is 16.2. The summed E-state index contributed by atoms with van der Waals surface area (Å²) in [5.41, 5.74) is 2.90. The van der Waals surface area contributed by atoms with Crippen molar-refractivity contribution in [2.75, 3.05) is 19.6 Å². The van der Waals surface area contributed by atoms with Crippen LogP contribution in [0.5, 0.6) is 0 Å². The summed E-state index contributed by atoms with van der Waals surface area (Å²) in [6.45, 7) is 4.72. The highest BCUT2D eigenvalue weighted by Crippen LogP contribution is 2.32. The van der Waals surface area contributed by atoms with E-state index in [4.69, 9.17) is 0 Å². The summed E-state index contributed by atoms with van der Waals surface area (Å²) in [5.74, 6) is 0.0600. The van der Waals surface area contributed by atoms with Crippen molar-refractivity contribution in [3.63, 3.8) is 0 Å². The number of rotatable bonds is 3. The molecule has 1 aromatic carbocycles. The molecule has 4 heterocycles. The Morgan fingerprint density at radius 1 is 1.15 bits per heavy atom. The standard InChI is InChI=1S/C20H24N4O3/c25-18-4-3-17(19(26)22-18)24-11-13-7-12(1-2-15(13)20(24)27)9-23-10-14-8-21-6-5-16(14)23/h1-2,7,14,16-17,21H,3-6,8-11H2,(H,22,25,26). The van der Waals surface area contributed by atoms with Crippen LogP contribution in [0.1, 0.15) is 40.7 Å². The van der Waals surface area contributed by atoms with Crippen molar-refractivity contribution >= 4 is 17.7 Å². The van der Waals surface area contributed by atoms with Crippen molar-refractivity contribution < 1.29 is 14.4 Å². The van der Waals surface area contributed by atoms with Crippen LogP contribution in [-0.4, -0.2) is 59.2 Å². The van der Waals surface area contributed by atoms with E-state index in [0.717, 1.165) is 37.7 Å². The Labute approximate surface area is 158 Å². The van der Waals surface area contributed by atoms with Gasteiger partial charge in [-0.2, -0.15) is 0 Å². The fourth-order valence-electron chi connectivity index (χ4n) is 5.02. The highest BCUT2D eigenvalue weighted by Gasteiger charge is 2.41. The van der Waals surface area contributed by atoms with Gasteiger partial charge in [0.25, 0.3) is 5.91 Å². The number of nitrogens with one attached hydrogen (secondary N) is 2. The van der Waals surface area contributed by atoms with Crippen LogP contribution in [0, 0.1) is 5.92 Å². The Morgan fingerprint density at radius 3 is 2.85 bits per heavy atom. The maximum atomic E-state index is 12.8. The molecule has 3 amide bonds. The molecule has 0 aromatic heterocycles. The van der Waals surface area contributed by atoms with Crippen LogP contribution >= 0.6 is 0 Å². The van der Waals surface area contributed by atoms with Crippen LogP contribution in [0.25, 0.3) is 0 Å². The third-order valence-electron chi connectivity index (χ3n) is 6.48. The normalized spacial score (nSPS) is 30.6. The molecule has 142 valence electrons. The highest BCUT2D eigenvalue weighted by molar-refractivity contribution is 6.05. The molecule has 0 spiro atoms. The van der Waals surface area contributed by atoms with Crippen molar-refractivity contribution in [1.82, 2.24) is 20.4 Å². The van der Waals surface area contributed by atoms with E-state index in [0.29, 0.717) is 24.6 Å². The van der Waals surface area contributed by atoms with Gasteiger partial charge in [0.1, 0.15) is 6.04 Å². The van der Waals surface area contributed by atoms with Crippen LogP contribution in [0.15, 0.2) is 18.2 Å². The first-order chi connectivity index (χ1) is 13.1. The number of benzene rings is 1. The van der Waals surface area contributed by atoms with Crippen molar-refractivity contribution in [2.45, 2.75) is 44.4 Å². The number of carbonyl (C=O) groups is 3. The van der Waals surface area contributed by atoms with Crippen molar-refractivity contribution in [2.24, 2.45) is 5.92 Å². The van der Waals surface area contributed by atoms with Gasteiger partial charge >= 0.3 is 0 Å². The first kappa shape index (κ1) is 16.9. The minimum Gasteiger partial charge on any atom is -0.322 e. The number of carbonyl (C=O) groups excluding carboxylic acids is 3. The molecule has 7 nitrogen and oxygen atoms in total. The predicted molar refractivity (Wildman–Crippen MR) is 97.7 cm³/mol. The fraction of sp³-hybridized carbons (Fsp3) is 0.550. The van der Waals surface area contributed by atoms with Crippen LogP contribution < -0.4 is 10.6 Å². The molecular formula is C20H24N4O3. The fourth-order valence-corrected chi connectivity index (χ4v) is 5.02. The minimum atomic E-state index is -0.545. The van der Waals surface area contributed by atoms with Gasteiger partial charge in [0.2, 0.25) is 11.8 Å². The average Bonchev–Trinajstić information content (AvgIpc) is 2.96. The van der Waals surface area contributed by atoms with Crippen LogP contribution in [0.4, 0.5) is 0 Å². The first-order valence-electron chi connectivity index (χ1n) is 9.81. The molecule has 1 aromatic rings. The maximum absolute atomic E-state index is 12.8. The van der Waals surface area contributed by atoms with E-state index >= 15 is 0 Å². The van der Waals surface area contributed by atoms with E-state index in [1.54, 1.807) is 4.90 Å². The second-order valence-electron chi connectivity index (χ2n) is 8.14. The topological polar surface area (TPSA) is 81.8 Å². The Hall–Kier alpha value is -2.25. The average molecular weight is 368 g/mol. The van der Waals surface area contributed by atoms with E-state index in [2.05, 4.69) is 21.6 Å². The van der Waals surface area contributed by atoms with Gasteiger partial charge in [0, 0.05) is 44.2 Å². The van der Waals surface area contributed by atoms with Crippen LogP contribution in [0.2, 0.25) is 0 Å². The summed E-state index contributed by atoms with van der Waals surface area (Å²) in [5, 5.41) is 5.81. The molecule has 3 unspecified atom stereocenters. The Bertz CT molecular complexity index is 823. The SMILES string of the molecule is O=C1CCC(N2Cc3cc(CN4CC5CNCCC54)ccc3C2=O)C(=O)N1.